The van der Waals surface area contributed by atoms with Gasteiger partial charge < -0.3 is 0 Å². The average Bonchev–Trinajstić information content (AvgIpc) is 2.31. The fourth-order valence-electron chi connectivity index (χ4n) is 0.912. The maximum Gasteiger partial charge on any atom is 0.301 e. The highest BCUT2D eigenvalue weighted by atomic mass is 15.1. The molecule has 1 heterocycles. The Morgan fingerprint density at radius 1 is 1.60 bits per heavy atom. The molecule has 0 spiro atoms. The minimum absolute atomic E-state index is 0.895. The Balaban J connectivity index is 2.14. The van der Waals surface area contributed by atoms with Crippen LogP contribution in [-0.4, -0.2) is 6.21 Å². The number of rotatable bonds is 3. The second-order valence-corrected chi connectivity index (χ2v) is 2.51. The summed E-state index contributed by atoms with van der Waals surface area (Å²) in [7, 11) is 0. The van der Waals surface area contributed by atoms with E-state index in [9.17, 15) is 0 Å². The highest BCUT2D eigenvalue weighted by molar-refractivity contribution is 5.82. The lowest BCUT2D eigenvalue weighted by Crippen LogP contribution is -1.91. The van der Waals surface area contributed by atoms with Crippen LogP contribution in [0.5, 0.6) is 0 Å². The van der Waals surface area contributed by atoms with Crippen molar-refractivity contribution >= 4 is 6.21 Å². The van der Waals surface area contributed by atoms with Crippen molar-refractivity contribution < 1.29 is 0 Å². The fourth-order valence-corrected chi connectivity index (χ4v) is 0.912. The Hall–Kier alpha value is -0.630. The molecule has 1 rings (SSSR count). The van der Waals surface area contributed by atoms with E-state index in [2.05, 4.69) is 17.2 Å². The summed E-state index contributed by atoms with van der Waals surface area (Å²) in [5.74, 6) is 0. The van der Waals surface area contributed by atoms with Gasteiger partial charge in [-0.2, -0.15) is 0 Å². The van der Waals surface area contributed by atoms with Crippen LogP contribution in [0.2, 0.25) is 0 Å². The number of hydrogen-bond acceptors (Lipinski definition) is 1. The molecule has 0 aromatic rings. The summed E-state index contributed by atoms with van der Waals surface area (Å²) in [6.07, 6.45) is 6.29. The lowest BCUT2D eigenvalue weighted by atomic mass is 10.1. The first-order chi connectivity index (χ1) is 4.83. The van der Waals surface area contributed by atoms with E-state index in [4.69, 9.17) is 0 Å². The Morgan fingerprint density at radius 3 is 2.90 bits per heavy atom. The second kappa shape index (κ2) is 3.52. The summed E-state index contributed by atoms with van der Waals surface area (Å²) >= 11 is 0. The van der Waals surface area contributed by atoms with Crippen molar-refractivity contribution in [3.63, 3.8) is 0 Å². The molecule has 0 fully saturated rings. The molecule has 2 heteroatoms. The standard InChI is InChI=1S/C8H13N2/c1-3-4-5-8-6-9-7(2)10-8/h6H,3-5H2,1-2H3/q+1. The van der Waals surface area contributed by atoms with Crippen LogP contribution in [0, 0.1) is 12.2 Å². The van der Waals surface area contributed by atoms with E-state index in [0.29, 0.717) is 0 Å². The SMILES string of the molecule is CCCC[C+]1C=N[C+](C)[N-]1. The van der Waals surface area contributed by atoms with Gasteiger partial charge in [-0.25, -0.2) is 0 Å². The molecule has 0 atom stereocenters. The summed E-state index contributed by atoms with van der Waals surface area (Å²) < 4.78 is 0. The van der Waals surface area contributed by atoms with E-state index in [0.717, 1.165) is 18.6 Å². The molecule has 0 radical (unpaired) electrons. The normalized spacial score (nSPS) is 17.0. The van der Waals surface area contributed by atoms with Gasteiger partial charge in [-0.3, -0.25) is 5.32 Å². The maximum atomic E-state index is 4.24. The quantitative estimate of drug-likeness (QED) is 0.535. The van der Waals surface area contributed by atoms with Gasteiger partial charge >= 0.3 is 6.21 Å². The van der Waals surface area contributed by atoms with Crippen LogP contribution >= 0.6 is 0 Å². The number of hydrogen-bond donors (Lipinski definition) is 0. The molecule has 2 nitrogen and oxygen atoms in total. The van der Waals surface area contributed by atoms with Crippen molar-refractivity contribution in [1.29, 1.82) is 0 Å². The summed E-state index contributed by atoms with van der Waals surface area (Å²) in [6, 6.07) is 1.14. The highest BCUT2D eigenvalue weighted by Gasteiger charge is 2.23. The van der Waals surface area contributed by atoms with E-state index in [-0.39, 0.29) is 0 Å². The summed E-state index contributed by atoms with van der Waals surface area (Å²) in [6.45, 7) is 4.11. The molecule has 54 valence electrons. The maximum absolute atomic E-state index is 4.24. The molecule has 0 saturated carbocycles. The van der Waals surface area contributed by atoms with Gasteiger partial charge in [0.05, 0.1) is 0 Å². The second-order valence-electron chi connectivity index (χ2n) is 2.51. The van der Waals surface area contributed by atoms with Crippen LogP contribution in [0.4, 0.5) is 0 Å². The van der Waals surface area contributed by atoms with Gasteiger partial charge in [0.25, 0.3) is 0 Å². The third-order valence-electron chi connectivity index (χ3n) is 1.49. The lowest BCUT2D eigenvalue weighted by molar-refractivity contribution is 0.773. The lowest BCUT2D eigenvalue weighted by Gasteiger charge is -2.01. The zero-order valence-electron chi connectivity index (χ0n) is 6.59. The predicted octanol–water partition coefficient (Wildman–Crippen LogP) is 2.68. The van der Waals surface area contributed by atoms with Crippen molar-refractivity contribution in [1.82, 2.24) is 0 Å². The van der Waals surface area contributed by atoms with Crippen LogP contribution in [0.15, 0.2) is 4.99 Å². The Labute approximate surface area is 62.7 Å². The first-order valence-electron chi connectivity index (χ1n) is 3.78. The predicted molar refractivity (Wildman–Crippen MR) is 43.5 cm³/mol. The Kier molecular flexibility index (Phi) is 2.63. The third-order valence-corrected chi connectivity index (χ3v) is 1.49. The van der Waals surface area contributed by atoms with E-state index < -0.39 is 0 Å². The zero-order valence-corrected chi connectivity index (χ0v) is 6.59. The molecular weight excluding hydrogens is 124 g/mol. The number of unbranched alkanes of at least 4 members (excludes halogenated alkanes) is 1. The van der Waals surface area contributed by atoms with E-state index >= 15 is 0 Å². The fraction of sp³-hybridized carbons (Fsp3) is 0.625. The largest absolute Gasteiger partial charge is 0.301 e. The smallest absolute Gasteiger partial charge is 0.292 e. The van der Waals surface area contributed by atoms with Crippen molar-refractivity contribution in [3.05, 3.63) is 17.5 Å². The molecule has 10 heavy (non-hydrogen) atoms. The van der Waals surface area contributed by atoms with Gasteiger partial charge in [0.2, 0.25) is 0 Å². The average molecular weight is 137 g/mol. The highest BCUT2D eigenvalue weighted by Crippen LogP contribution is 2.29. The van der Waals surface area contributed by atoms with Gasteiger partial charge in [-0.15, -0.1) is 0 Å². The van der Waals surface area contributed by atoms with Crippen molar-refractivity contribution in [2.75, 3.05) is 0 Å². The molecule has 0 amide bonds. The minimum Gasteiger partial charge on any atom is -0.292 e. The summed E-state index contributed by atoms with van der Waals surface area (Å²) in [4.78, 5) is 4.06. The molecule has 0 aromatic heterocycles. The molecule has 0 saturated heterocycles. The molecular formula is C8H13N2+. The minimum atomic E-state index is 0.895. The summed E-state index contributed by atoms with van der Waals surface area (Å²) in [5, 5.41) is 4.24. The van der Waals surface area contributed by atoms with Crippen LogP contribution in [-0.2, 0) is 0 Å². The first-order valence-corrected chi connectivity index (χ1v) is 3.78. The third kappa shape index (κ3) is 1.95. The van der Waals surface area contributed by atoms with Crippen molar-refractivity contribution in [2.45, 2.75) is 33.1 Å². The van der Waals surface area contributed by atoms with E-state index in [1.54, 1.807) is 0 Å². The van der Waals surface area contributed by atoms with Gasteiger partial charge in [0.15, 0.2) is 6.04 Å². The number of nitrogens with zero attached hydrogens (tertiary/aromatic N) is 2. The topological polar surface area (TPSA) is 26.5 Å². The zero-order chi connectivity index (χ0) is 7.40. The summed E-state index contributed by atoms with van der Waals surface area (Å²) in [5.41, 5.74) is 0. The molecule has 0 unspecified atom stereocenters. The Bertz CT molecular complexity index is 120. The molecule has 0 aromatic carbocycles. The van der Waals surface area contributed by atoms with E-state index in [1.807, 2.05) is 13.1 Å². The Morgan fingerprint density at radius 2 is 2.40 bits per heavy atom. The van der Waals surface area contributed by atoms with Gasteiger partial charge in [0, 0.05) is 6.92 Å². The molecule has 1 aliphatic rings. The molecule has 0 aliphatic carbocycles. The molecule has 0 bridgehead atoms. The first kappa shape index (κ1) is 7.48. The van der Waals surface area contributed by atoms with Gasteiger partial charge in [-0.1, -0.05) is 18.3 Å². The van der Waals surface area contributed by atoms with Crippen molar-refractivity contribution in [3.8, 4) is 0 Å². The van der Waals surface area contributed by atoms with Crippen LogP contribution in [0.25, 0.3) is 5.32 Å². The van der Waals surface area contributed by atoms with Crippen LogP contribution in [0.3, 0.4) is 0 Å². The van der Waals surface area contributed by atoms with E-state index in [1.165, 1.54) is 12.8 Å². The number of aliphatic imine (C=N–C) groups is 1. The molecule has 0 N–H and O–H groups in total. The van der Waals surface area contributed by atoms with Crippen molar-refractivity contribution in [2.24, 2.45) is 4.99 Å². The van der Waals surface area contributed by atoms with Gasteiger partial charge in [0.1, 0.15) is 12.6 Å². The monoisotopic (exact) mass is 137 g/mol. The van der Waals surface area contributed by atoms with Gasteiger partial charge in [-0.05, 0) is 6.42 Å². The molecule has 1 aliphatic heterocycles. The van der Waals surface area contributed by atoms with Crippen LogP contribution in [0.1, 0.15) is 33.1 Å². The van der Waals surface area contributed by atoms with Crippen LogP contribution < -0.4 is 0 Å².